The smallest absolute Gasteiger partial charge is 0.255 e. The molecule has 150 valence electrons. The highest BCUT2D eigenvalue weighted by atomic mass is 16.5. The van der Waals surface area contributed by atoms with Gasteiger partial charge in [-0.25, -0.2) is 9.67 Å². The van der Waals surface area contributed by atoms with Crippen molar-refractivity contribution >= 4 is 11.6 Å². The van der Waals surface area contributed by atoms with Crippen LogP contribution in [0.4, 0.5) is 5.69 Å². The van der Waals surface area contributed by atoms with E-state index in [2.05, 4.69) is 15.4 Å². The van der Waals surface area contributed by atoms with Gasteiger partial charge in [0.1, 0.15) is 29.9 Å². The molecule has 0 aliphatic heterocycles. The molecule has 0 aliphatic rings. The summed E-state index contributed by atoms with van der Waals surface area (Å²) in [7, 11) is 0. The van der Waals surface area contributed by atoms with Gasteiger partial charge < -0.3 is 14.8 Å². The number of ether oxygens (including phenoxy) is 2. The number of benzene rings is 3. The highest BCUT2D eigenvalue weighted by Gasteiger charge is 2.08. The van der Waals surface area contributed by atoms with Gasteiger partial charge in [-0.3, -0.25) is 4.79 Å². The summed E-state index contributed by atoms with van der Waals surface area (Å²) in [5.74, 6) is 1.97. The lowest BCUT2D eigenvalue weighted by molar-refractivity contribution is 0.102. The van der Waals surface area contributed by atoms with Gasteiger partial charge in [-0.1, -0.05) is 6.07 Å². The van der Waals surface area contributed by atoms with Gasteiger partial charge in [0.05, 0.1) is 12.3 Å². The Bertz CT molecular complexity index is 1110. The number of aromatic nitrogens is 3. The van der Waals surface area contributed by atoms with E-state index in [0.29, 0.717) is 29.4 Å². The van der Waals surface area contributed by atoms with Crippen LogP contribution in [0.5, 0.6) is 17.2 Å². The van der Waals surface area contributed by atoms with Crippen LogP contribution in [0.2, 0.25) is 0 Å². The molecule has 0 saturated carbocycles. The van der Waals surface area contributed by atoms with Crippen molar-refractivity contribution in [3.63, 3.8) is 0 Å². The minimum absolute atomic E-state index is 0.211. The zero-order chi connectivity index (χ0) is 20.8. The van der Waals surface area contributed by atoms with Gasteiger partial charge in [0.2, 0.25) is 0 Å². The summed E-state index contributed by atoms with van der Waals surface area (Å²) in [6, 6.07) is 21.8. The number of hydrogen-bond donors (Lipinski definition) is 1. The van der Waals surface area contributed by atoms with Crippen molar-refractivity contribution < 1.29 is 14.3 Å². The van der Waals surface area contributed by atoms with Gasteiger partial charge in [-0.2, -0.15) is 5.10 Å². The molecule has 0 radical (unpaired) electrons. The molecule has 1 aromatic heterocycles. The normalized spacial score (nSPS) is 10.4. The van der Waals surface area contributed by atoms with E-state index >= 15 is 0 Å². The number of anilines is 1. The first-order chi connectivity index (χ1) is 14.7. The Hall–Kier alpha value is -4.13. The topological polar surface area (TPSA) is 78.3 Å². The number of nitrogens with one attached hydrogen (secondary N) is 1. The summed E-state index contributed by atoms with van der Waals surface area (Å²) in [5, 5.41) is 6.97. The van der Waals surface area contributed by atoms with Crippen LogP contribution in [0, 0.1) is 0 Å². The Morgan fingerprint density at radius 2 is 1.67 bits per heavy atom. The van der Waals surface area contributed by atoms with E-state index in [-0.39, 0.29) is 5.91 Å². The predicted molar refractivity (Wildman–Crippen MR) is 113 cm³/mol. The second kappa shape index (κ2) is 8.91. The summed E-state index contributed by atoms with van der Waals surface area (Å²) in [5.41, 5.74) is 1.96. The first kappa shape index (κ1) is 19.2. The molecule has 4 rings (SSSR count). The number of carbonyl (C=O) groups excluding carboxylic acids is 1. The summed E-state index contributed by atoms with van der Waals surface area (Å²) in [6.07, 6.45) is 3.03. The van der Waals surface area contributed by atoms with Gasteiger partial charge in [0.15, 0.2) is 0 Å². The van der Waals surface area contributed by atoms with Crippen molar-refractivity contribution in [2.75, 3.05) is 11.9 Å². The van der Waals surface area contributed by atoms with Crippen molar-refractivity contribution in [1.29, 1.82) is 0 Å². The van der Waals surface area contributed by atoms with Gasteiger partial charge in [0.25, 0.3) is 5.91 Å². The molecule has 0 bridgehead atoms. The van der Waals surface area contributed by atoms with Crippen molar-refractivity contribution in [2.45, 2.75) is 6.92 Å². The zero-order valence-corrected chi connectivity index (χ0v) is 16.4. The Morgan fingerprint density at radius 1 is 0.967 bits per heavy atom. The van der Waals surface area contributed by atoms with E-state index in [9.17, 15) is 4.79 Å². The second-order valence-corrected chi connectivity index (χ2v) is 6.38. The SMILES string of the molecule is CCOc1ccc(Oc2ccc(NC(=O)c3cccc(-n4cncn4)c3)cc2)cc1. The van der Waals surface area contributed by atoms with Gasteiger partial charge >= 0.3 is 0 Å². The molecule has 0 fully saturated rings. The molecular formula is C23H20N4O3. The van der Waals surface area contributed by atoms with Gasteiger partial charge in [0, 0.05) is 11.3 Å². The van der Waals surface area contributed by atoms with Crippen molar-refractivity contribution in [3.8, 4) is 22.9 Å². The number of carbonyl (C=O) groups is 1. The molecule has 0 atom stereocenters. The lowest BCUT2D eigenvalue weighted by Crippen LogP contribution is -2.12. The Balaban J connectivity index is 1.39. The average molecular weight is 400 g/mol. The quantitative estimate of drug-likeness (QED) is 0.486. The molecule has 0 unspecified atom stereocenters. The molecule has 7 nitrogen and oxygen atoms in total. The van der Waals surface area contributed by atoms with Crippen LogP contribution in [0.25, 0.3) is 5.69 Å². The predicted octanol–water partition coefficient (Wildman–Crippen LogP) is 4.71. The molecule has 0 spiro atoms. The number of nitrogens with zero attached hydrogens (tertiary/aromatic N) is 3. The molecule has 3 aromatic carbocycles. The molecule has 1 heterocycles. The summed E-state index contributed by atoms with van der Waals surface area (Å²) in [6.45, 7) is 2.57. The number of amides is 1. The van der Waals surface area contributed by atoms with E-state index in [0.717, 1.165) is 11.4 Å². The summed E-state index contributed by atoms with van der Waals surface area (Å²) in [4.78, 5) is 16.5. The van der Waals surface area contributed by atoms with Crippen LogP contribution in [-0.2, 0) is 0 Å². The fraction of sp³-hybridized carbons (Fsp3) is 0.0870. The lowest BCUT2D eigenvalue weighted by atomic mass is 10.2. The third-order valence-corrected chi connectivity index (χ3v) is 4.27. The van der Waals surface area contributed by atoms with E-state index in [1.54, 1.807) is 53.5 Å². The number of hydrogen-bond acceptors (Lipinski definition) is 5. The second-order valence-electron chi connectivity index (χ2n) is 6.38. The maximum absolute atomic E-state index is 12.6. The standard InChI is InChI=1S/C23H20N4O3/c1-2-29-20-10-12-22(13-11-20)30-21-8-6-18(7-9-21)26-23(28)17-4-3-5-19(14-17)27-16-24-15-25-27/h3-16H,2H2,1H3,(H,26,28). The largest absolute Gasteiger partial charge is 0.494 e. The first-order valence-electron chi connectivity index (χ1n) is 9.48. The fourth-order valence-electron chi connectivity index (χ4n) is 2.85. The number of rotatable bonds is 7. The van der Waals surface area contributed by atoms with Crippen LogP contribution < -0.4 is 14.8 Å². The molecule has 0 saturated heterocycles. The average Bonchev–Trinajstić information content (AvgIpc) is 3.32. The Labute approximate surface area is 173 Å². The van der Waals surface area contributed by atoms with Crippen LogP contribution >= 0.6 is 0 Å². The molecule has 7 heteroatoms. The Kier molecular flexibility index (Phi) is 5.70. The third kappa shape index (κ3) is 4.64. The van der Waals surface area contributed by atoms with Crippen molar-refractivity contribution in [2.24, 2.45) is 0 Å². The zero-order valence-electron chi connectivity index (χ0n) is 16.4. The van der Waals surface area contributed by atoms with Crippen LogP contribution in [0.3, 0.4) is 0 Å². The van der Waals surface area contributed by atoms with Crippen LogP contribution in [0.1, 0.15) is 17.3 Å². The van der Waals surface area contributed by atoms with Crippen molar-refractivity contribution in [1.82, 2.24) is 14.8 Å². The minimum atomic E-state index is -0.211. The highest BCUT2D eigenvalue weighted by Crippen LogP contribution is 2.25. The highest BCUT2D eigenvalue weighted by molar-refractivity contribution is 6.04. The van der Waals surface area contributed by atoms with E-state index in [4.69, 9.17) is 9.47 Å². The molecule has 4 aromatic rings. The van der Waals surface area contributed by atoms with Gasteiger partial charge in [-0.15, -0.1) is 0 Å². The van der Waals surface area contributed by atoms with E-state index in [1.165, 1.54) is 6.33 Å². The van der Waals surface area contributed by atoms with Crippen LogP contribution in [0.15, 0.2) is 85.5 Å². The van der Waals surface area contributed by atoms with Gasteiger partial charge in [-0.05, 0) is 73.7 Å². The maximum atomic E-state index is 12.6. The Morgan fingerprint density at radius 3 is 2.33 bits per heavy atom. The monoisotopic (exact) mass is 400 g/mol. The summed E-state index contributed by atoms with van der Waals surface area (Å²) < 4.78 is 12.9. The molecule has 30 heavy (non-hydrogen) atoms. The summed E-state index contributed by atoms with van der Waals surface area (Å²) >= 11 is 0. The molecule has 0 aliphatic carbocycles. The first-order valence-corrected chi connectivity index (χ1v) is 9.48. The van der Waals surface area contributed by atoms with E-state index in [1.807, 2.05) is 37.3 Å². The molecule has 1 N–H and O–H groups in total. The molecular weight excluding hydrogens is 380 g/mol. The lowest BCUT2D eigenvalue weighted by Gasteiger charge is -2.09. The fourth-order valence-corrected chi connectivity index (χ4v) is 2.85. The van der Waals surface area contributed by atoms with E-state index < -0.39 is 0 Å². The molecule has 1 amide bonds. The van der Waals surface area contributed by atoms with Crippen molar-refractivity contribution in [3.05, 3.63) is 91.0 Å². The minimum Gasteiger partial charge on any atom is -0.494 e. The maximum Gasteiger partial charge on any atom is 0.255 e. The van der Waals surface area contributed by atoms with Crippen LogP contribution in [-0.4, -0.2) is 27.3 Å². The third-order valence-electron chi connectivity index (χ3n) is 4.27.